The van der Waals surface area contributed by atoms with E-state index in [0.717, 1.165) is 6.08 Å². The van der Waals surface area contributed by atoms with E-state index < -0.39 is 5.97 Å². The Bertz CT molecular complexity index is 680. The van der Waals surface area contributed by atoms with Crippen molar-refractivity contribution >= 4 is 23.6 Å². The van der Waals surface area contributed by atoms with E-state index in [0.29, 0.717) is 27.8 Å². The predicted octanol–water partition coefficient (Wildman–Crippen LogP) is 4.24. The summed E-state index contributed by atoms with van der Waals surface area (Å²) in [6.45, 7) is 0. The quantitative estimate of drug-likeness (QED) is 0.839. The van der Waals surface area contributed by atoms with E-state index in [2.05, 4.69) is 0 Å². The van der Waals surface area contributed by atoms with Gasteiger partial charge in [-0.05, 0) is 35.9 Å². The number of halogens is 1. The number of carboxylic acids is 1. The summed E-state index contributed by atoms with van der Waals surface area (Å²) in [7, 11) is 1.56. The molecule has 0 heterocycles. The first-order valence-corrected chi connectivity index (χ1v) is 6.49. The van der Waals surface area contributed by atoms with Crippen molar-refractivity contribution in [1.82, 2.24) is 0 Å². The summed E-state index contributed by atoms with van der Waals surface area (Å²) >= 11 is 6.10. The van der Waals surface area contributed by atoms with E-state index in [-0.39, 0.29) is 0 Å². The van der Waals surface area contributed by atoms with Crippen LogP contribution < -0.4 is 9.47 Å². The summed E-state index contributed by atoms with van der Waals surface area (Å²) in [5, 5.41) is 9.01. The maximum Gasteiger partial charge on any atom is 0.328 e. The fourth-order valence-corrected chi connectivity index (χ4v) is 1.93. The zero-order valence-corrected chi connectivity index (χ0v) is 12.0. The van der Waals surface area contributed by atoms with Crippen LogP contribution in [-0.2, 0) is 4.79 Å². The first-order valence-electron chi connectivity index (χ1n) is 6.11. The number of aliphatic carboxylic acids is 1. The van der Waals surface area contributed by atoms with Gasteiger partial charge in [-0.25, -0.2) is 4.79 Å². The van der Waals surface area contributed by atoms with Gasteiger partial charge in [-0.15, -0.1) is 0 Å². The Labute approximate surface area is 127 Å². The Kier molecular flexibility index (Phi) is 4.85. The van der Waals surface area contributed by atoms with Crippen LogP contribution >= 0.6 is 11.6 Å². The lowest BCUT2D eigenvalue weighted by Gasteiger charge is -2.10. The number of hydrogen-bond acceptors (Lipinski definition) is 3. The minimum Gasteiger partial charge on any atom is -0.493 e. The van der Waals surface area contributed by atoms with Gasteiger partial charge in [-0.1, -0.05) is 23.7 Å². The van der Waals surface area contributed by atoms with Crippen LogP contribution in [0.2, 0.25) is 5.02 Å². The summed E-state index contributed by atoms with van der Waals surface area (Å²) in [5.74, 6) is 0.700. The van der Waals surface area contributed by atoms with Crippen molar-refractivity contribution in [3.63, 3.8) is 0 Å². The SMILES string of the molecule is COc1ccccc1Oc1ccc(/C=C/C(=O)O)c(Cl)c1. The first-order chi connectivity index (χ1) is 10.1. The third kappa shape index (κ3) is 4.00. The molecule has 0 amide bonds. The van der Waals surface area contributed by atoms with Crippen molar-refractivity contribution in [2.75, 3.05) is 7.11 Å². The summed E-state index contributed by atoms with van der Waals surface area (Å²) in [6.07, 6.45) is 2.46. The third-order valence-electron chi connectivity index (χ3n) is 2.67. The van der Waals surface area contributed by atoms with Crippen molar-refractivity contribution in [2.24, 2.45) is 0 Å². The Morgan fingerprint density at radius 1 is 1.19 bits per heavy atom. The van der Waals surface area contributed by atoms with Crippen LogP contribution in [0.5, 0.6) is 17.2 Å². The molecule has 2 rings (SSSR count). The monoisotopic (exact) mass is 304 g/mol. The molecule has 0 aliphatic rings. The van der Waals surface area contributed by atoms with E-state index in [1.54, 1.807) is 37.4 Å². The topological polar surface area (TPSA) is 55.8 Å². The summed E-state index contributed by atoms with van der Waals surface area (Å²) < 4.78 is 10.9. The molecule has 1 N–H and O–H groups in total. The lowest BCUT2D eigenvalue weighted by Crippen LogP contribution is -1.90. The van der Waals surface area contributed by atoms with Gasteiger partial charge in [0.15, 0.2) is 11.5 Å². The molecule has 0 unspecified atom stereocenters. The minimum atomic E-state index is -1.03. The van der Waals surface area contributed by atoms with Gasteiger partial charge in [0, 0.05) is 12.1 Å². The Balaban J connectivity index is 2.22. The molecule has 0 spiro atoms. The standard InChI is InChI=1S/C16H13ClO4/c1-20-14-4-2-3-5-15(14)21-12-8-6-11(13(17)10-12)7-9-16(18)19/h2-10H,1H3,(H,18,19)/b9-7+. The van der Waals surface area contributed by atoms with Crippen LogP contribution in [0, 0.1) is 0 Å². The highest BCUT2D eigenvalue weighted by molar-refractivity contribution is 6.32. The Morgan fingerprint density at radius 2 is 1.90 bits per heavy atom. The number of methoxy groups -OCH3 is 1. The van der Waals surface area contributed by atoms with Crippen LogP contribution in [0.3, 0.4) is 0 Å². The molecule has 0 fully saturated rings. The maximum atomic E-state index is 10.5. The van der Waals surface area contributed by atoms with Crippen LogP contribution in [0.25, 0.3) is 6.08 Å². The largest absolute Gasteiger partial charge is 0.493 e. The van der Waals surface area contributed by atoms with Gasteiger partial charge in [0.1, 0.15) is 5.75 Å². The summed E-state index contributed by atoms with van der Waals surface area (Å²) in [6, 6.07) is 12.3. The third-order valence-corrected chi connectivity index (χ3v) is 3.00. The van der Waals surface area contributed by atoms with E-state index in [1.807, 2.05) is 12.1 Å². The Hall–Kier alpha value is -2.46. The molecule has 0 saturated carbocycles. The first kappa shape index (κ1) is 14.9. The molecule has 0 aliphatic carbocycles. The smallest absolute Gasteiger partial charge is 0.328 e. The normalized spacial score (nSPS) is 10.6. The van der Waals surface area contributed by atoms with Crippen molar-refractivity contribution in [1.29, 1.82) is 0 Å². The van der Waals surface area contributed by atoms with Crippen LogP contribution in [-0.4, -0.2) is 18.2 Å². The molecule has 0 aromatic heterocycles. The molecule has 2 aromatic rings. The summed E-state index contributed by atoms with van der Waals surface area (Å²) in [4.78, 5) is 10.5. The fraction of sp³-hybridized carbons (Fsp3) is 0.0625. The molecular weight excluding hydrogens is 292 g/mol. The highest BCUT2D eigenvalue weighted by Gasteiger charge is 2.06. The second kappa shape index (κ2) is 6.81. The molecule has 0 bridgehead atoms. The zero-order chi connectivity index (χ0) is 15.2. The van der Waals surface area contributed by atoms with E-state index in [1.165, 1.54) is 6.08 Å². The molecule has 2 aromatic carbocycles. The maximum absolute atomic E-state index is 10.5. The van der Waals surface area contributed by atoms with E-state index in [4.69, 9.17) is 26.2 Å². The average molecular weight is 305 g/mol. The van der Waals surface area contributed by atoms with Crippen LogP contribution in [0.15, 0.2) is 48.5 Å². The highest BCUT2D eigenvalue weighted by Crippen LogP contribution is 2.33. The number of carboxylic acid groups (broad SMARTS) is 1. The van der Waals surface area contributed by atoms with Crippen molar-refractivity contribution in [3.05, 3.63) is 59.1 Å². The van der Waals surface area contributed by atoms with Gasteiger partial charge in [0.25, 0.3) is 0 Å². The number of benzene rings is 2. The minimum absolute atomic E-state index is 0.403. The van der Waals surface area contributed by atoms with E-state index >= 15 is 0 Å². The van der Waals surface area contributed by atoms with Crippen LogP contribution in [0.1, 0.15) is 5.56 Å². The molecule has 4 nitrogen and oxygen atoms in total. The van der Waals surface area contributed by atoms with Gasteiger partial charge in [0.05, 0.1) is 12.1 Å². The average Bonchev–Trinajstić information content (AvgIpc) is 2.47. The number of rotatable bonds is 5. The van der Waals surface area contributed by atoms with Crippen LogP contribution in [0.4, 0.5) is 0 Å². The second-order valence-corrected chi connectivity index (χ2v) is 4.52. The van der Waals surface area contributed by atoms with Crippen molar-refractivity contribution in [3.8, 4) is 17.2 Å². The van der Waals surface area contributed by atoms with Gasteiger partial charge in [-0.2, -0.15) is 0 Å². The van der Waals surface area contributed by atoms with Crippen molar-refractivity contribution in [2.45, 2.75) is 0 Å². The van der Waals surface area contributed by atoms with Crippen molar-refractivity contribution < 1.29 is 19.4 Å². The molecule has 21 heavy (non-hydrogen) atoms. The molecule has 108 valence electrons. The number of para-hydroxylation sites is 2. The molecule has 0 aliphatic heterocycles. The fourth-order valence-electron chi connectivity index (χ4n) is 1.70. The number of carbonyl (C=O) groups is 1. The summed E-state index contributed by atoms with van der Waals surface area (Å²) in [5.41, 5.74) is 0.603. The second-order valence-electron chi connectivity index (χ2n) is 4.11. The highest BCUT2D eigenvalue weighted by atomic mass is 35.5. The number of ether oxygens (including phenoxy) is 2. The van der Waals surface area contributed by atoms with E-state index in [9.17, 15) is 4.79 Å². The molecule has 0 atom stereocenters. The number of hydrogen-bond donors (Lipinski definition) is 1. The molecule has 0 radical (unpaired) electrons. The lowest BCUT2D eigenvalue weighted by molar-refractivity contribution is -0.131. The lowest BCUT2D eigenvalue weighted by atomic mass is 10.2. The molecule has 0 saturated heterocycles. The van der Waals surface area contributed by atoms with Gasteiger partial charge in [0.2, 0.25) is 0 Å². The molecule has 5 heteroatoms. The Morgan fingerprint density at radius 3 is 2.52 bits per heavy atom. The van der Waals surface area contributed by atoms with Gasteiger partial charge in [-0.3, -0.25) is 0 Å². The van der Waals surface area contributed by atoms with Gasteiger partial charge < -0.3 is 14.6 Å². The zero-order valence-electron chi connectivity index (χ0n) is 11.2. The predicted molar refractivity (Wildman–Crippen MR) is 81.2 cm³/mol. The van der Waals surface area contributed by atoms with Gasteiger partial charge >= 0.3 is 5.97 Å². The molecular formula is C16H13ClO4.